The number of carboxylic acid groups (broad SMARTS) is 1. The second kappa shape index (κ2) is 11.4. The van der Waals surface area contributed by atoms with Gasteiger partial charge in [0, 0.05) is 22.4 Å². The van der Waals surface area contributed by atoms with E-state index in [1.54, 1.807) is 12.1 Å². The number of H-pyrrole nitrogens is 1. The molecule has 0 bridgehead atoms. The van der Waals surface area contributed by atoms with Crippen molar-refractivity contribution in [3.63, 3.8) is 0 Å². The van der Waals surface area contributed by atoms with Gasteiger partial charge in [-0.2, -0.15) is 0 Å². The molecule has 4 rings (SSSR count). The Bertz CT molecular complexity index is 1390. The molecule has 0 aliphatic heterocycles. The smallest absolute Gasteiger partial charge is 0.303 e. The minimum Gasteiger partial charge on any atom is -0.494 e. The van der Waals surface area contributed by atoms with Gasteiger partial charge >= 0.3 is 5.97 Å². The number of aromatic nitrogens is 1. The molecule has 0 saturated heterocycles. The number of rotatable bonds is 10. The summed E-state index contributed by atoms with van der Waals surface area (Å²) in [7, 11) is 4.14. The van der Waals surface area contributed by atoms with Crippen LogP contribution in [0.2, 0.25) is 5.02 Å². The molecular weight excluding hydrogens is 474 g/mol. The van der Waals surface area contributed by atoms with E-state index in [1.165, 1.54) is 5.56 Å². The summed E-state index contributed by atoms with van der Waals surface area (Å²) in [6.07, 6.45) is 2.53. The molecule has 0 radical (unpaired) electrons. The van der Waals surface area contributed by atoms with Crippen LogP contribution in [-0.4, -0.2) is 52.4 Å². The van der Waals surface area contributed by atoms with Crippen LogP contribution in [-0.2, 0) is 17.6 Å². The second-order valence-electron chi connectivity index (χ2n) is 9.17. The van der Waals surface area contributed by atoms with Crippen LogP contribution in [0.25, 0.3) is 10.9 Å². The third kappa shape index (κ3) is 6.33. The van der Waals surface area contributed by atoms with E-state index in [-0.39, 0.29) is 12.3 Å². The lowest BCUT2D eigenvalue weighted by molar-refractivity contribution is -0.136. The summed E-state index contributed by atoms with van der Waals surface area (Å²) in [5.74, 6) is -0.808. The lowest BCUT2D eigenvalue weighted by Crippen LogP contribution is -2.13. The van der Waals surface area contributed by atoms with E-state index in [1.807, 2.05) is 42.5 Å². The molecule has 7 heteroatoms. The van der Waals surface area contributed by atoms with E-state index in [2.05, 4.69) is 36.1 Å². The number of nitrogens with zero attached hydrogens (tertiary/aromatic N) is 2. The highest BCUT2D eigenvalue weighted by Crippen LogP contribution is 2.33. The first-order valence-corrected chi connectivity index (χ1v) is 12.3. The van der Waals surface area contributed by atoms with Crippen LogP contribution < -0.4 is 0 Å². The fourth-order valence-corrected chi connectivity index (χ4v) is 4.42. The first kappa shape index (κ1) is 25.5. The number of halogens is 1. The predicted octanol–water partition coefficient (Wildman–Crippen LogP) is 6.21. The molecular formula is C29H30ClN3O3. The molecule has 186 valence electrons. The van der Waals surface area contributed by atoms with Gasteiger partial charge in [-0.1, -0.05) is 54.1 Å². The largest absolute Gasteiger partial charge is 0.494 e. The van der Waals surface area contributed by atoms with Crippen molar-refractivity contribution in [3.8, 4) is 5.88 Å². The maximum atomic E-state index is 11.0. The molecule has 0 atom stereocenters. The van der Waals surface area contributed by atoms with Crippen LogP contribution >= 0.6 is 11.6 Å². The van der Waals surface area contributed by atoms with Crippen molar-refractivity contribution in [1.82, 2.24) is 9.88 Å². The third-order valence-corrected chi connectivity index (χ3v) is 6.29. The Labute approximate surface area is 215 Å². The standard InChI is InChI=1S/C29H30ClN3O3/c1-33(2)16-4-6-20-5-3-7-23(17-20)31-28(21-11-8-19(9-12-21)10-15-26(34)35)27-24-14-13-22(30)18-25(24)32-29(27)36/h3,5,7-9,11-14,17-18,32,36H,4,6,10,15-16H2,1-2H3,(H,34,35). The molecule has 0 aliphatic rings. The van der Waals surface area contributed by atoms with E-state index < -0.39 is 5.97 Å². The number of aliphatic carboxylic acids is 1. The van der Waals surface area contributed by atoms with Crippen molar-refractivity contribution in [3.05, 3.63) is 94.0 Å². The monoisotopic (exact) mass is 503 g/mol. The number of aromatic amines is 1. The van der Waals surface area contributed by atoms with Gasteiger partial charge in [-0.15, -0.1) is 0 Å². The van der Waals surface area contributed by atoms with Gasteiger partial charge in [0.2, 0.25) is 0 Å². The number of hydrogen-bond donors (Lipinski definition) is 3. The Morgan fingerprint density at radius 3 is 2.50 bits per heavy atom. The summed E-state index contributed by atoms with van der Waals surface area (Å²) in [4.78, 5) is 21.2. The van der Waals surface area contributed by atoms with Crippen molar-refractivity contribution in [2.45, 2.75) is 25.7 Å². The number of aliphatic imine (C=N–C) groups is 1. The first-order valence-electron chi connectivity index (χ1n) is 11.9. The Morgan fingerprint density at radius 2 is 1.78 bits per heavy atom. The summed E-state index contributed by atoms with van der Waals surface area (Å²) in [5, 5.41) is 21.3. The maximum absolute atomic E-state index is 11.0. The van der Waals surface area contributed by atoms with Gasteiger partial charge in [0.15, 0.2) is 5.88 Å². The Morgan fingerprint density at radius 1 is 1.00 bits per heavy atom. The van der Waals surface area contributed by atoms with Crippen molar-refractivity contribution < 1.29 is 15.0 Å². The fourth-order valence-electron chi connectivity index (χ4n) is 4.25. The summed E-state index contributed by atoms with van der Waals surface area (Å²) >= 11 is 6.18. The van der Waals surface area contributed by atoms with E-state index in [0.717, 1.165) is 47.1 Å². The average Bonchev–Trinajstić information content (AvgIpc) is 3.16. The Kier molecular flexibility index (Phi) is 8.08. The lowest BCUT2D eigenvalue weighted by Gasteiger charge is -2.11. The van der Waals surface area contributed by atoms with Gasteiger partial charge in [0.25, 0.3) is 0 Å². The number of aromatic hydroxyl groups is 1. The molecule has 0 saturated carbocycles. The highest BCUT2D eigenvalue weighted by atomic mass is 35.5. The van der Waals surface area contributed by atoms with Gasteiger partial charge in [0.1, 0.15) is 0 Å². The van der Waals surface area contributed by atoms with Crippen molar-refractivity contribution in [2.75, 3.05) is 20.6 Å². The van der Waals surface area contributed by atoms with Gasteiger partial charge in [-0.25, -0.2) is 4.99 Å². The quantitative estimate of drug-likeness (QED) is 0.224. The van der Waals surface area contributed by atoms with E-state index in [4.69, 9.17) is 21.7 Å². The van der Waals surface area contributed by atoms with Crippen molar-refractivity contribution >= 4 is 39.9 Å². The fraction of sp³-hybridized carbons (Fsp3) is 0.241. The lowest BCUT2D eigenvalue weighted by atomic mass is 9.98. The summed E-state index contributed by atoms with van der Waals surface area (Å²) in [6.45, 7) is 1.01. The number of benzene rings is 3. The number of fused-ring (bicyclic) bond motifs is 1. The first-order chi connectivity index (χ1) is 17.3. The number of carbonyl (C=O) groups is 1. The van der Waals surface area contributed by atoms with Crippen LogP contribution in [0.5, 0.6) is 5.88 Å². The van der Waals surface area contributed by atoms with Crippen LogP contribution in [0.1, 0.15) is 35.1 Å². The van der Waals surface area contributed by atoms with E-state index in [0.29, 0.717) is 22.7 Å². The van der Waals surface area contributed by atoms with Gasteiger partial charge in [-0.3, -0.25) is 4.79 Å². The number of hydrogen-bond acceptors (Lipinski definition) is 4. The zero-order chi connectivity index (χ0) is 25.7. The van der Waals surface area contributed by atoms with Gasteiger partial charge in [-0.05, 0) is 75.3 Å². The van der Waals surface area contributed by atoms with Crippen LogP contribution in [0.15, 0.2) is 71.7 Å². The second-order valence-corrected chi connectivity index (χ2v) is 9.60. The molecule has 0 amide bonds. The molecule has 0 spiro atoms. The predicted molar refractivity (Wildman–Crippen MR) is 146 cm³/mol. The van der Waals surface area contributed by atoms with Crippen molar-refractivity contribution in [2.24, 2.45) is 4.99 Å². The molecule has 1 heterocycles. The molecule has 0 unspecified atom stereocenters. The summed E-state index contributed by atoms with van der Waals surface area (Å²) in [5.41, 5.74) is 5.69. The number of aryl methyl sites for hydroxylation is 2. The highest BCUT2D eigenvalue weighted by molar-refractivity contribution is 6.31. The molecule has 0 fully saturated rings. The van der Waals surface area contributed by atoms with Crippen LogP contribution in [0, 0.1) is 0 Å². The van der Waals surface area contributed by atoms with E-state index >= 15 is 0 Å². The SMILES string of the molecule is CN(C)CCCc1cccc(N=C(c2ccc(CCC(=O)O)cc2)c2c(O)[nH]c3cc(Cl)ccc23)c1. The molecule has 1 aromatic heterocycles. The normalized spacial score (nSPS) is 11.9. The zero-order valence-corrected chi connectivity index (χ0v) is 21.2. The van der Waals surface area contributed by atoms with E-state index in [9.17, 15) is 9.90 Å². The van der Waals surface area contributed by atoms with Gasteiger partial charge in [0.05, 0.1) is 22.5 Å². The third-order valence-electron chi connectivity index (χ3n) is 6.05. The zero-order valence-electron chi connectivity index (χ0n) is 20.5. The molecule has 6 nitrogen and oxygen atoms in total. The van der Waals surface area contributed by atoms with Crippen molar-refractivity contribution in [1.29, 1.82) is 0 Å². The maximum Gasteiger partial charge on any atom is 0.303 e. The summed E-state index contributed by atoms with van der Waals surface area (Å²) < 4.78 is 0. The number of nitrogens with one attached hydrogen (secondary N) is 1. The van der Waals surface area contributed by atoms with Gasteiger partial charge < -0.3 is 20.1 Å². The minimum absolute atomic E-state index is 0.0168. The topological polar surface area (TPSA) is 88.9 Å². The molecule has 0 aliphatic carbocycles. The number of carboxylic acids is 1. The Balaban J connectivity index is 1.77. The highest BCUT2D eigenvalue weighted by Gasteiger charge is 2.19. The average molecular weight is 504 g/mol. The molecule has 36 heavy (non-hydrogen) atoms. The minimum atomic E-state index is -0.825. The van der Waals surface area contributed by atoms with Crippen LogP contribution in [0.4, 0.5) is 5.69 Å². The Hall–Kier alpha value is -3.61. The molecule has 4 aromatic rings. The molecule has 3 N–H and O–H groups in total. The molecule has 3 aromatic carbocycles. The van der Waals surface area contributed by atoms with Crippen LogP contribution in [0.3, 0.4) is 0 Å². The summed E-state index contributed by atoms with van der Waals surface area (Å²) in [6, 6.07) is 21.3.